The number of hydrogen-bond donors (Lipinski definition) is 1. The molecule has 3 rings (SSSR count). The first-order valence-electron chi connectivity index (χ1n) is 8.94. The molecule has 1 aliphatic rings. The molecule has 1 aliphatic heterocycles. The Balaban J connectivity index is 1.97. The molecule has 0 radical (unpaired) electrons. The maximum Gasteiger partial charge on any atom is 0.224 e. The van der Waals surface area contributed by atoms with E-state index < -0.39 is 15.9 Å². The smallest absolute Gasteiger partial charge is 0.224 e. The number of halogens is 1. The Labute approximate surface area is 164 Å². The number of ether oxygens (including phenoxy) is 1. The maximum absolute atomic E-state index is 13.9. The van der Waals surface area contributed by atoms with Crippen LogP contribution in [-0.2, 0) is 21.2 Å². The minimum atomic E-state index is -3.40. The molecule has 0 bridgehead atoms. The van der Waals surface area contributed by atoms with E-state index in [1.165, 1.54) is 23.5 Å². The molecule has 6 nitrogen and oxygen atoms in total. The molecule has 1 N–H and O–H groups in total. The van der Waals surface area contributed by atoms with Gasteiger partial charge < -0.3 is 10.1 Å². The number of carbonyl (C=O) groups excluding carboxylic acids is 1. The summed E-state index contributed by atoms with van der Waals surface area (Å²) in [5, 5.41) is 2.78. The summed E-state index contributed by atoms with van der Waals surface area (Å²) >= 11 is 0. The van der Waals surface area contributed by atoms with Gasteiger partial charge in [-0.1, -0.05) is 24.3 Å². The van der Waals surface area contributed by atoms with Crippen LogP contribution in [0.25, 0.3) is 11.1 Å². The Kier molecular flexibility index (Phi) is 6.00. The van der Waals surface area contributed by atoms with Crippen molar-refractivity contribution in [2.45, 2.75) is 6.42 Å². The van der Waals surface area contributed by atoms with Crippen LogP contribution in [0.1, 0.15) is 5.56 Å². The van der Waals surface area contributed by atoms with Gasteiger partial charge in [-0.05, 0) is 35.7 Å². The van der Waals surface area contributed by atoms with Crippen LogP contribution in [0.5, 0.6) is 5.75 Å². The van der Waals surface area contributed by atoms with Crippen molar-refractivity contribution in [3.63, 3.8) is 0 Å². The first kappa shape index (κ1) is 20.3. The van der Waals surface area contributed by atoms with E-state index in [0.717, 1.165) is 17.4 Å². The highest BCUT2D eigenvalue weighted by Crippen LogP contribution is 2.34. The fourth-order valence-electron chi connectivity index (χ4n) is 3.44. The molecule has 8 heteroatoms. The van der Waals surface area contributed by atoms with Crippen LogP contribution in [0.15, 0.2) is 42.5 Å². The summed E-state index contributed by atoms with van der Waals surface area (Å²) in [7, 11) is -1.89. The summed E-state index contributed by atoms with van der Waals surface area (Å²) in [6, 6.07) is 11.7. The lowest BCUT2D eigenvalue weighted by molar-refractivity contribution is -0.124. The molecule has 0 spiro atoms. The second-order valence-electron chi connectivity index (χ2n) is 6.81. The summed E-state index contributed by atoms with van der Waals surface area (Å²) < 4.78 is 44.5. The Morgan fingerprint density at radius 1 is 1.21 bits per heavy atom. The first-order chi connectivity index (χ1) is 13.3. The lowest BCUT2D eigenvalue weighted by atomic mass is 9.91. The minimum Gasteiger partial charge on any atom is -0.496 e. The summed E-state index contributed by atoms with van der Waals surface area (Å²) in [5.74, 6) is -0.594. The second kappa shape index (κ2) is 8.28. The molecule has 28 heavy (non-hydrogen) atoms. The van der Waals surface area contributed by atoms with Crippen molar-refractivity contribution in [1.82, 2.24) is 9.62 Å². The van der Waals surface area contributed by atoms with Gasteiger partial charge in [0.05, 0.1) is 19.3 Å². The van der Waals surface area contributed by atoms with Gasteiger partial charge in [-0.3, -0.25) is 4.79 Å². The number of hydrogen-bond acceptors (Lipinski definition) is 4. The highest BCUT2D eigenvalue weighted by molar-refractivity contribution is 7.88. The number of methoxy groups -OCH3 is 1. The standard InChI is InChI=1S/C20H23FN2O4S/c1-27-19-8-7-16(21)12-18(19)17-6-4-3-5-14(17)11-15-13-23(28(2,25)26)10-9-22-20(15)24/h3-8,12,15H,9-11,13H2,1-2H3,(H,22,24)/t15-/m0/s1. The zero-order chi connectivity index (χ0) is 20.3. The average Bonchev–Trinajstić information content (AvgIpc) is 2.84. The molecule has 1 fully saturated rings. The lowest BCUT2D eigenvalue weighted by Crippen LogP contribution is -2.36. The highest BCUT2D eigenvalue weighted by Gasteiger charge is 2.30. The topological polar surface area (TPSA) is 75.7 Å². The SMILES string of the molecule is COc1ccc(F)cc1-c1ccccc1C[C@H]1CN(S(C)(=O)=O)CCNC1=O. The largest absolute Gasteiger partial charge is 0.496 e. The van der Waals surface area contributed by atoms with E-state index in [1.807, 2.05) is 24.3 Å². The fourth-order valence-corrected chi connectivity index (χ4v) is 4.32. The Morgan fingerprint density at radius 3 is 2.68 bits per heavy atom. The molecule has 0 aromatic heterocycles. The molecule has 1 saturated heterocycles. The van der Waals surface area contributed by atoms with Gasteiger partial charge in [0.2, 0.25) is 15.9 Å². The predicted molar refractivity (Wildman–Crippen MR) is 105 cm³/mol. The lowest BCUT2D eigenvalue weighted by Gasteiger charge is -2.22. The normalized spacial score (nSPS) is 18.4. The third-order valence-corrected chi connectivity index (χ3v) is 6.13. The Morgan fingerprint density at radius 2 is 1.96 bits per heavy atom. The maximum atomic E-state index is 13.9. The minimum absolute atomic E-state index is 0.110. The van der Waals surface area contributed by atoms with Gasteiger partial charge in [0, 0.05) is 25.2 Å². The molecule has 2 aromatic carbocycles. The van der Waals surface area contributed by atoms with Crippen LogP contribution in [0, 0.1) is 11.7 Å². The number of nitrogens with one attached hydrogen (secondary N) is 1. The molecular formula is C20H23FN2O4S. The molecule has 1 amide bonds. The van der Waals surface area contributed by atoms with Crippen LogP contribution in [0.2, 0.25) is 0 Å². The quantitative estimate of drug-likeness (QED) is 0.825. The highest BCUT2D eigenvalue weighted by atomic mass is 32.2. The average molecular weight is 406 g/mol. The van der Waals surface area contributed by atoms with Crippen molar-refractivity contribution < 1.29 is 22.3 Å². The fraction of sp³-hybridized carbons (Fsp3) is 0.350. The van der Waals surface area contributed by atoms with E-state index in [4.69, 9.17) is 4.74 Å². The summed E-state index contributed by atoms with van der Waals surface area (Å²) in [4.78, 5) is 12.5. The van der Waals surface area contributed by atoms with E-state index >= 15 is 0 Å². The van der Waals surface area contributed by atoms with Crippen molar-refractivity contribution in [1.29, 1.82) is 0 Å². The van der Waals surface area contributed by atoms with Crippen molar-refractivity contribution >= 4 is 15.9 Å². The van der Waals surface area contributed by atoms with Gasteiger partial charge in [-0.15, -0.1) is 0 Å². The van der Waals surface area contributed by atoms with E-state index in [2.05, 4.69) is 5.32 Å². The molecule has 1 atom stereocenters. The van der Waals surface area contributed by atoms with Crippen LogP contribution < -0.4 is 10.1 Å². The van der Waals surface area contributed by atoms with Crippen LogP contribution in [0.4, 0.5) is 4.39 Å². The number of rotatable bonds is 5. The summed E-state index contributed by atoms with van der Waals surface area (Å²) in [5.41, 5.74) is 2.16. The van der Waals surface area contributed by atoms with E-state index in [9.17, 15) is 17.6 Å². The summed E-state index contributed by atoms with van der Waals surface area (Å²) in [6.45, 7) is 0.640. The van der Waals surface area contributed by atoms with Gasteiger partial charge in [0.1, 0.15) is 11.6 Å². The van der Waals surface area contributed by atoms with Crippen LogP contribution in [-0.4, -0.2) is 51.6 Å². The second-order valence-corrected chi connectivity index (χ2v) is 8.80. The van der Waals surface area contributed by atoms with Crippen molar-refractivity contribution in [3.8, 4) is 16.9 Å². The number of nitrogens with zero attached hydrogens (tertiary/aromatic N) is 1. The van der Waals surface area contributed by atoms with E-state index in [1.54, 1.807) is 6.07 Å². The van der Waals surface area contributed by atoms with Gasteiger partial charge >= 0.3 is 0 Å². The van der Waals surface area contributed by atoms with Gasteiger partial charge in [-0.25, -0.2) is 12.8 Å². The Hall–Kier alpha value is -2.45. The van der Waals surface area contributed by atoms with Crippen LogP contribution >= 0.6 is 0 Å². The monoisotopic (exact) mass is 406 g/mol. The number of benzene rings is 2. The van der Waals surface area contributed by atoms with Gasteiger partial charge in [-0.2, -0.15) is 4.31 Å². The zero-order valence-corrected chi connectivity index (χ0v) is 16.6. The molecule has 0 aliphatic carbocycles. The van der Waals surface area contributed by atoms with Crippen LogP contribution in [0.3, 0.4) is 0 Å². The van der Waals surface area contributed by atoms with Gasteiger partial charge in [0.25, 0.3) is 0 Å². The van der Waals surface area contributed by atoms with Crippen molar-refractivity contribution in [2.24, 2.45) is 5.92 Å². The summed E-state index contributed by atoms with van der Waals surface area (Å²) in [6.07, 6.45) is 1.47. The van der Waals surface area contributed by atoms with E-state index in [0.29, 0.717) is 17.7 Å². The number of sulfonamides is 1. The Bertz CT molecular complexity index is 978. The van der Waals surface area contributed by atoms with E-state index in [-0.39, 0.29) is 31.4 Å². The third kappa shape index (κ3) is 4.51. The molecule has 150 valence electrons. The molecule has 1 heterocycles. The zero-order valence-electron chi connectivity index (χ0n) is 15.8. The number of carbonyl (C=O) groups is 1. The molecule has 0 saturated carbocycles. The molecule has 2 aromatic rings. The van der Waals surface area contributed by atoms with Crippen molar-refractivity contribution in [2.75, 3.05) is 33.0 Å². The van der Waals surface area contributed by atoms with Crippen molar-refractivity contribution in [3.05, 3.63) is 53.8 Å². The third-order valence-electron chi connectivity index (χ3n) is 4.86. The molecule has 0 unspecified atom stereocenters. The first-order valence-corrected chi connectivity index (χ1v) is 10.8. The van der Waals surface area contributed by atoms with Gasteiger partial charge in [0.15, 0.2) is 0 Å². The predicted octanol–water partition coefficient (Wildman–Crippen LogP) is 2.05. The molecular weight excluding hydrogens is 383 g/mol. The number of amides is 1.